The molecule has 3 nitrogen and oxygen atoms in total. The molecule has 0 aromatic carbocycles. The first-order chi connectivity index (χ1) is 5.29. The summed E-state index contributed by atoms with van der Waals surface area (Å²) in [6.07, 6.45) is 2.97. The molecular weight excluding hydrogens is 208 g/mol. The van der Waals surface area contributed by atoms with Crippen molar-refractivity contribution >= 4 is 15.9 Å². The summed E-state index contributed by atoms with van der Waals surface area (Å²) in [6, 6.07) is 0. The molecule has 1 rings (SSSR count). The Morgan fingerprint density at radius 1 is 1.82 bits per heavy atom. The summed E-state index contributed by atoms with van der Waals surface area (Å²) >= 11 is 3.21. The standard InChI is InChI=1S/C7H11BrN2O/c1-2-10-5-9-4-6(10)7(11)3-8/h4-5,7,11H,2-3H2,1H3. The smallest absolute Gasteiger partial charge is 0.105 e. The lowest BCUT2D eigenvalue weighted by molar-refractivity contribution is 0.195. The molecule has 0 amide bonds. The van der Waals surface area contributed by atoms with Crippen LogP contribution in [0.25, 0.3) is 0 Å². The number of aliphatic hydroxyl groups is 1. The van der Waals surface area contributed by atoms with Crippen LogP contribution in [0.5, 0.6) is 0 Å². The highest BCUT2D eigenvalue weighted by Gasteiger charge is 2.09. The number of hydrogen-bond donors (Lipinski definition) is 1. The molecule has 0 aliphatic heterocycles. The second-order valence-electron chi connectivity index (χ2n) is 2.27. The van der Waals surface area contributed by atoms with Gasteiger partial charge in [0.1, 0.15) is 6.10 Å². The normalized spacial score (nSPS) is 13.4. The van der Waals surface area contributed by atoms with E-state index in [9.17, 15) is 5.11 Å². The number of aromatic nitrogens is 2. The van der Waals surface area contributed by atoms with E-state index >= 15 is 0 Å². The molecule has 0 bridgehead atoms. The molecule has 0 aliphatic rings. The Morgan fingerprint density at radius 2 is 2.55 bits per heavy atom. The first kappa shape index (κ1) is 8.74. The third-order valence-electron chi connectivity index (χ3n) is 1.57. The highest BCUT2D eigenvalue weighted by atomic mass is 79.9. The Labute approximate surface area is 74.2 Å². The van der Waals surface area contributed by atoms with Crippen LogP contribution in [0.2, 0.25) is 0 Å². The minimum atomic E-state index is -0.447. The van der Waals surface area contributed by atoms with Crippen molar-refractivity contribution in [3.8, 4) is 0 Å². The number of aryl methyl sites for hydroxylation is 1. The van der Waals surface area contributed by atoms with Crippen molar-refractivity contribution in [1.82, 2.24) is 9.55 Å². The molecule has 0 spiro atoms. The van der Waals surface area contributed by atoms with Gasteiger partial charge in [-0.1, -0.05) is 15.9 Å². The van der Waals surface area contributed by atoms with E-state index in [2.05, 4.69) is 20.9 Å². The van der Waals surface area contributed by atoms with Crippen LogP contribution in [0, 0.1) is 0 Å². The van der Waals surface area contributed by atoms with Crippen LogP contribution in [0.15, 0.2) is 12.5 Å². The van der Waals surface area contributed by atoms with Gasteiger partial charge in [0.25, 0.3) is 0 Å². The maximum Gasteiger partial charge on any atom is 0.105 e. The molecule has 1 aromatic heterocycles. The molecule has 1 heterocycles. The van der Waals surface area contributed by atoms with Crippen LogP contribution < -0.4 is 0 Å². The summed E-state index contributed by atoms with van der Waals surface area (Å²) in [5, 5.41) is 9.98. The Morgan fingerprint density at radius 3 is 3.09 bits per heavy atom. The average Bonchev–Trinajstić information content (AvgIpc) is 2.50. The zero-order valence-electron chi connectivity index (χ0n) is 6.37. The van der Waals surface area contributed by atoms with Gasteiger partial charge < -0.3 is 9.67 Å². The predicted molar refractivity (Wildman–Crippen MR) is 46.7 cm³/mol. The van der Waals surface area contributed by atoms with Crippen molar-refractivity contribution in [3.63, 3.8) is 0 Å². The number of hydrogen-bond acceptors (Lipinski definition) is 2. The van der Waals surface area contributed by atoms with Crippen molar-refractivity contribution < 1.29 is 5.11 Å². The van der Waals surface area contributed by atoms with Gasteiger partial charge in [0.15, 0.2) is 0 Å². The summed E-state index contributed by atoms with van der Waals surface area (Å²) in [5.41, 5.74) is 0.865. The Kier molecular flexibility index (Phi) is 3.08. The molecule has 1 atom stereocenters. The topological polar surface area (TPSA) is 38.0 Å². The fourth-order valence-corrected chi connectivity index (χ4v) is 1.28. The van der Waals surface area contributed by atoms with Gasteiger partial charge in [-0.2, -0.15) is 0 Å². The molecule has 1 unspecified atom stereocenters. The third-order valence-corrected chi connectivity index (χ3v) is 2.19. The molecular formula is C7H11BrN2O. The van der Waals surface area contributed by atoms with Gasteiger partial charge in [-0.05, 0) is 6.92 Å². The van der Waals surface area contributed by atoms with Crippen molar-refractivity contribution in [2.75, 3.05) is 5.33 Å². The van der Waals surface area contributed by atoms with E-state index in [1.54, 1.807) is 12.5 Å². The lowest BCUT2D eigenvalue weighted by Gasteiger charge is -2.08. The monoisotopic (exact) mass is 218 g/mol. The second-order valence-corrected chi connectivity index (χ2v) is 2.92. The van der Waals surface area contributed by atoms with E-state index in [0.29, 0.717) is 5.33 Å². The first-order valence-corrected chi connectivity index (χ1v) is 4.65. The third kappa shape index (κ3) is 1.81. The molecule has 0 radical (unpaired) electrons. The summed E-state index contributed by atoms with van der Waals surface area (Å²) in [7, 11) is 0. The van der Waals surface area contributed by atoms with Gasteiger partial charge in [0.05, 0.1) is 18.2 Å². The number of halogens is 1. The van der Waals surface area contributed by atoms with Gasteiger partial charge in [-0.3, -0.25) is 0 Å². The molecule has 11 heavy (non-hydrogen) atoms. The Hall–Kier alpha value is -0.350. The average molecular weight is 219 g/mol. The number of imidazole rings is 1. The van der Waals surface area contributed by atoms with Gasteiger partial charge >= 0.3 is 0 Å². The van der Waals surface area contributed by atoms with E-state index in [-0.39, 0.29) is 0 Å². The van der Waals surface area contributed by atoms with Crippen LogP contribution in [0.1, 0.15) is 18.7 Å². The first-order valence-electron chi connectivity index (χ1n) is 3.53. The van der Waals surface area contributed by atoms with E-state index < -0.39 is 6.10 Å². The van der Waals surface area contributed by atoms with Crippen molar-refractivity contribution in [1.29, 1.82) is 0 Å². The van der Waals surface area contributed by atoms with Gasteiger partial charge in [-0.15, -0.1) is 0 Å². The van der Waals surface area contributed by atoms with Crippen LogP contribution in [-0.4, -0.2) is 20.0 Å². The minimum absolute atomic E-state index is 0.447. The zero-order valence-corrected chi connectivity index (χ0v) is 7.95. The second kappa shape index (κ2) is 3.88. The molecule has 0 saturated carbocycles. The van der Waals surface area contributed by atoms with Gasteiger partial charge in [0.2, 0.25) is 0 Å². The molecule has 1 aromatic rings. The minimum Gasteiger partial charge on any atom is -0.386 e. The summed E-state index contributed by atoms with van der Waals surface area (Å²) in [5.74, 6) is 0. The number of alkyl halides is 1. The largest absolute Gasteiger partial charge is 0.386 e. The Bertz CT molecular complexity index is 224. The van der Waals surface area contributed by atoms with E-state index in [1.807, 2.05) is 11.5 Å². The fourth-order valence-electron chi connectivity index (χ4n) is 0.952. The van der Waals surface area contributed by atoms with Crippen LogP contribution in [0.4, 0.5) is 0 Å². The quantitative estimate of drug-likeness (QED) is 0.778. The predicted octanol–water partition coefficient (Wildman–Crippen LogP) is 1.33. The van der Waals surface area contributed by atoms with Gasteiger partial charge in [-0.25, -0.2) is 4.98 Å². The Balaban J connectivity index is 2.83. The zero-order chi connectivity index (χ0) is 8.27. The number of rotatable bonds is 3. The lowest BCUT2D eigenvalue weighted by Crippen LogP contribution is -2.06. The summed E-state index contributed by atoms with van der Waals surface area (Å²) in [6.45, 7) is 2.87. The van der Waals surface area contributed by atoms with E-state index in [0.717, 1.165) is 12.2 Å². The van der Waals surface area contributed by atoms with E-state index in [4.69, 9.17) is 0 Å². The highest BCUT2D eigenvalue weighted by molar-refractivity contribution is 9.09. The maximum atomic E-state index is 9.42. The highest BCUT2D eigenvalue weighted by Crippen LogP contribution is 2.13. The molecule has 1 N–H and O–H groups in total. The molecule has 0 fully saturated rings. The van der Waals surface area contributed by atoms with E-state index in [1.165, 1.54) is 0 Å². The van der Waals surface area contributed by atoms with Crippen LogP contribution in [0.3, 0.4) is 0 Å². The summed E-state index contributed by atoms with van der Waals surface area (Å²) in [4.78, 5) is 3.94. The number of nitrogens with zero attached hydrogens (tertiary/aromatic N) is 2. The summed E-state index contributed by atoms with van der Waals surface area (Å²) < 4.78 is 1.92. The van der Waals surface area contributed by atoms with Gasteiger partial charge in [0, 0.05) is 11.9 Å². The molecule has 0 aliphatic carbocycles. The van der Waals surface area contributed by atoms with Crippen molar-refractivity contribution in [2.24, 2.45) is 0 Å². The van der Waals surface area contributed by atoms with Crippen molar-refractivity contribution in [2.45, 2.75) is 19.6 Å². The molecule has 62 valence electrons. The lowest BCUT2D eigenvalue weighted by atomic mass is 10.3. The van der Waals surface area contributed by atoms with Crippen LogP contribution in [-0.2, 0) is 6.54 Å². The molecule has 4 heteroatoms. The molecule has 0 saturated heterocycles. The fraction of sp³-hybridized carbons (Fsp3) is 0.571. The van der Waals surface area contributed by atoms with Crippen molar-refractivity contribution in [3.05, 3.63) is 18.2 Å². The number of aliphatic hydroxyl groups excluding tert-OH is 1. The SMILES string of the molecule is CCn1cncc1C(O)CBr. The van der Waals surface area contributed by atoms with Crippen LogP contribution >= 0.6 is 15.9 Å². The maximum absolute atomic E-state index is 9.42.